The average Bonchev–Trinajstić information content (AvgIpc) is 2.74. The average molecular weight is 424 g/mol. The second-order valence-electron chi connectivity index (χ2n) is 6.25. The molecule has 8 nitrogen and oxygen atoms in total. The molecular weight excluding hydrogens is 400 g/mol. The Balaban J connectivity index is 2.12. The summed E-state index contributed by atoms with van der Waals surface area (Å²) in [6, 6.07) is 4.68. The Morgan fingerprint density at radius 2 is 2.10 bits per heavy atom. The van der Waals surface area contributed by atoms with E-state index in [2.05, 4.69) is 15.3 Å². The standard InChI is InChI=1S/C23H24N2O6/c1-30-25-16-8-14-21(28)24-15-7-13-20-18(26)11-5-3-2-4-9-17-10-6-12-19(27)22(17)23(29)31-20/h2-12,14-16,18,20,26-27H,13H2,1H3,(H,24,28)/b3-2-,9-4+,11-5-,14-8-,15-7-,25-16+. The van der Waals surface area contributed by atoms with E-state index in [1.807, 2.05) is 0 Å². The maximum Gasteiger partial charge on any atom is 0.342 e. The number of rotatable bonds is 6. The van der Waals surface area contributed by atoms with Crippen molar-refractivity contribution in [2.24, 2.45) is 5.16 Å². The van der Waals surface area contributed by atoms with Gasteiger partial charge in [0.25, 0.3) is 0 Å². The van der Waals surface area contributed by atoms with E-state index in [1.165, 1.54) is 43.8 Å². The minimum atomic E-state index is -1.10. The Hall–Kier alpha value is -3.91. The Morgan fingerprint density at radius 3 is 2.90 bits per heavy atom. The third kappa shape index (κ3) is 7.79. The Labute approximate surface area is 180 Å². The molecule has 1 aliphatic heterocycles. The van der Waals surface area contributed by atoms with Gasteiger partial charge in [-0.3, -0.25) is 4.79 Å². The minimum absolute atomic E-state index is 0.00838. The van der Waals surface area contributed by atoms with Crippen LogP contribution in [-0.2, 0) is 14.4 Å². The van der Waals surface area contributed by atoms with Crippen molar-refractivity contribution in [1.82, 2.24) is 5.32 Å². The molecule has 0 aliphatic carbocycles. The predicted molar refractivity (Wildman–Crippen MR) is 117 cm³/mol. The van der Waals surface area contributed by atoms with Gasteiger partial charge in [-0.2, -0.15) is 0 Å². The number of nitrogens with zero attached hydrogens (tertiary/aromatic N) is 1. The number of cyclic esters (lactones) is 1. The zero-order valence-electron chi connectivity index (χ0n) is 16.9. The molecule has 1 aromatic rings. The van der Waals surface area contributed by atoms with Gasteiger partial charge in [-0.15, -0.1) is 0 Å². The molecule has 1 amide bonds. The van der Waals surface area contributed by atoms with Gasteiger partial charge in [-0.25, -0.2) is 4.79 Å². The first kappa shape index (κ1) is 23.4. The van der Waals surface area contributed by atoms with Crippen molar-refractivity contribution in [2.75, 3.05) is 7.11 Å². The summed E-state index contributed by atoms with van der Waals surface area (Å²) < 4.78 is 5.47. The van der Waals surface area contributed by atoms with Crippen LogP contribution in [0.3, 0.4) is 0 Å². The third-order valence-corrected chi connectivity index (χ3v) is 4.05. The highest BCUT2D eigenvalue weighted by Gasteiger charge is 2.24. The number of hydrogen-bond acceptors (Lipinski definition) is 7. The summed E-state index contributed by atoms with van der Waals surface area (Å²) in [5.41, 5.74) is 0.494. The van der Waals surface area contributed by atoms with E-state index in [4.69, 9.17) is 4.74 Å². The number of oxime groups is 1. The van der Waals surface area contributed by atoms with Crippen molar-refractivity contribution in [2.45, 2.75) is 18.6 Å². The van der Waals surface area contributed by atoms with Crippen molar-refractivity contribution < 1.29 is 29.4 Å². The Kier molecular flexibility index (Phi) is 9.51. The van der Waals surface area contributed by atoms with E-state index >= 15 is 0 Å². The number of aliphatic hydroxyl groups is 1. The number of carbonyl (C=O) groups is 2. The number of aromatic hydroxyl groups is 1. The molecule has 8 heteroatoms. The number of amides is 1. The van der Waals surface area contributed by atoms with Crippen molar-refractivity contribution in [3.8, 4) is 5.75 Å². The van der Waals surface area contributed by atoms with Crippen LogP contribution < -0.4 is 5.32 Å². The van der Waals surface area contributed by atoms with E-state index in [1.54, 1.807) is 48.6 Å². The highest BCUT2D eigenvalue weighted by molar-refractivity contribution is 5.96. The minimum Gasteiger partial charge on any atom is -0.507 e. The van der Waals surface area contributed by atoms with Crippen LogP contribution in [0.15, 0.2) is 78.2 Å². The van der Waals surface area contributed by atoms with E-state index in [-0.39, 0.29) is 17.7 Å². The lowest BCUT2D eigenvalue weighted by molar-refractivity contribution is -0.115. The molecule has 31 heavy (non-hydrogen) atoms. The molecule has 3 N–H and O–H groups in total. The molecule has 0 saturated carbocycles. The molecule has 0 spiro atoms. The van der Waals surface area contributed by atoms with Gasteiger partial charge in [0.2, 0.25) is 5.91 Å². The zero-order chi connectivity index (χ0) is 22.5. The molecule has 0 aromatic heterocycles. The molecule has 0 saturated heterocycles. The maximum absolute atomic E-state index is 12.7. The smallest absolute Gasteiger partial charge is 0.342 e. The lowest BCUT2D eigenvalue weighted by Crippen LogP contribution is -2.30. The van der Waals surface area contributed by atoms with Crippen molar-refractivity contribution >= 4 is 24.2 Å². The molecule has 2 unspecified atom stereocenters. The van der Waals surface area contributed by atoms with Gasteiger partial charge in [0.05, 0.1) is 6.21 Å². The van der Waals surface area contributed by atoms with Crippen LogP contribution in [0.5, 0.6) is 5.75 Å². The molecule has 162 valence electrons. The Bertz CT molecular complexity index is 943. The Morgan fingerprint density at radius 1 is 1.29 bits per heavy atom. The number of carbonyl (C=O) groups excluding carboxylic acids is 2. The number of nitrogens with one attached hydrogen (secondary N) is 1. The van der Waals surface area contributed by atoms with Gasteiger partial charge < -0.3 is 25.1 Å². The number of benzene rings is 1. The van der Waals surface area contributed by atoms with Crippen molar-refractivity contribution in [3.63, 3.8) is 0 Å². The molecule has 2 rings (SSSR count). The highest BCUT2D eigenvalue weighted by atomic mass is 16.6. The van der Waals surface area contributed by atoms with Crippen LogP contribution in [0.25, 0.3) is 6.08 Å². The molecule has 0 bridgehead atoms. The highest BCUT2D eigenvalue weighted by Crippen LogP contribution is 2.25. The summed E-state index contributed by atoms with van der Waals surface area (Å²) in [6.45, 7) is 0. The van der Waals surface area contributed by atoms with Gasteiger partial charge >= 0.3 is 5.97 Å². The van der Waals surface area contributed by atoms with Gasteiger partial charge in [0, 0.05) is 18.7 Å². The van der Waals surface area contributed by atoms with Crippen molar-refractivity contribution in [3.05, 3.63) is 84.1 Å². The fraction of sp³-hybridized carbons (Fsp3) is 0.174. The summed E-state index contributed by atoms with van der Waals surface area (Å²) in [7, 11) is 1.39. The SMILES string of the molecule is CO/N=C/C=C\C(=O)N/C=C\CC1OC(=O)c2c(O)cccc2/C=C/C=C\C=C/C1O. The number of esters is 1. The summed E-state index contributed by atoms with van der Waals surface area (Å²) in [5.74, 6) is -1.38. The number of fused-ring (bicyclic) bond motifs is 1. The fourth-order valence-electron chi connectivity index (χ4n) is 2.58. The first-order valence-electron chi connectivity index (χ1n) is 9.44. The monoisotopic (exact) mass is 424 g/mol. The van der Waals surface area contributed by atoms with Gasteiger partial charge in [0.15, 0.2) is 0 Å². The number of allylic oxidation sites excluding steroid dienone is 5. The summed E-state index contributed by atoms with van der Waals surface area (Å²) in [5, 5.41) is 26.5. The van der Waals surface area contributed by atoms with E-state index in [9.17, 15) is 19.8 Å². The maximum atomic E-state index is 12.7. The summed E-state index contributed by atoms with van der Waals surface area (Å²) >= 11 is 0. The largest absolute Gasteiger partial charge is 0.507 e. The number of phenolic OH excluding ortho intramolecular Hbond substituents is 1. The molecule has 0 fully saturated rings. The molecule has 1 aromatic carbocycles. The van der Waals surface area contributed by atoms with E-state index in [0.29, 0.717) is 5.56 Å². The van der Waals surface area contributed by atoms with E-state index < -0.39 is 24.1 Å². The van der Waals surface area contributed by atoms with Crippen molar-refractivity contribution in [1.29, 1.82) is 0 Å². The lowest BCUT2D eigenvalue weighted by atomic mass is 10.0. The molecule has 1 aliphatic rings. The van der Waals surface area contributed by atoms with E-state index in [0.717, 1.165) is 0 Å². The third-order valence-electron chi connectivity index (χ3n) is 4.05. The normalized spacial score (nSPS) is 22.3. The van der Waals surface area contributed by atoms with Crippen LogP contribution in [0.2, 0.25) is 0 Å². The van der Waals surface area contributed by atoms with Crippen LogP contribution in [0.1, 0.15) is 22.3 Å². The van der Waals surface area contributed by atoms with Gasteiger partial charge in [-0.1, -0.05) is 59.8 Å². The quantitative estimate of drug-likeness (QED) is 0.280. The lowest BCUT2D eigenvalue weighted by Gasteiger charge is -2.21. The van der Waals surface area contributed by atoms with Crippen LogP contribution in [0, 0.1) is 0 Å². The summed E-state index contributed by atoms with van der Waals surface area (Å²) in [6.07, 6.45) is 14.9. The molecule has 2 atom stereocenters. The van der Waals surface area contributed by atoms with Crippen LogP contribution in [0.4, 0.5) is 0 Å². The second kappa shape index (κ2) is 12.6. The number of phenols is 1. The molecule has 0 radical (unpaired) electrons. The second-order valence-corrected chi connectivity index (χ2v) is 6.25. The fourth-order valence-corrected chi connectivity index (χ4v) is 2.58. The number of aliphatic hydroxyl groups excluding tert-OH is 1. The number of ether oxygens (including phenoxy) is 1. The number of hydrogen-bond donors (Lipinski definition) is 3. The van der Waals surface area contributed by atoms with Gasteiger partial charge in [0.1, 0.15) is 30.6 Å². The molecule has 1 heterocycles. The zero-order valence-corrected chi connectivity index (χ0v) is 16.9. The topological polar surface area (TPSA) is 117 Å². The van der Waals surface area contributed by atoms with Crippen LogP contribution in [-0.4, -0.2) is 47.6 Å². The summed E-state index contributed by atoms with van der Waals surface area (Å²) in [4.78, 5) is 28.8. The van der Waals surface area contributed by atoms with Gasteiger partial charge in [-0.05, 0) is 17.7 Å². The predicted octanol–water partition coefficient (Wildman–Crippen LogP) is 2.63. The first-order chi connectivity index (χ1) is 15.0. The molecular formula is C23H24N2O6. The van der Waals surface area contributed by atoms with Crippen LogP contribution >= 0.6 is 0 Å². The first-order valence-corrected chi connectivity index (χ1v) is 9.44.